The topological polar surface area (TPSA) is 75.3 Å². The maximum absolute atomic E-state index is 12.1. The van der Waals surface area contributed by atoms with Crippen molar-refractivity contribution >= 4 is 5.91 Å². The summed E-state index contributed by atoms with van der Waals surface area (Å²) >= 11 is 0. The number of amides is 1. The summed E-state index contributed by atoms with van der Waals surface area (Å²) < 4.78 is 0. The Morgan fingerprint density at radius 2 is 2.25 bits per heavy atom. The van der Waals surface area contributed by atoms with Crippen molar-refractivity contribution in [3.05, 3.63) is 0 Å². The second kappa shape index (κ2) is 5.15. The molecule has 4 N–H and O–H groups in total. The molecule has 0 aromatic heterocycles. The molecule has 3 unspecified atom stereocenters. The maximum atomic E-state index is 12.1. The van der Waals surface area contributed by atoms with E-state index < -0.39 is 5.41 Å². The van der Waals surface area contributed by atoms with Crippen LogP contribution in [-0.4, -0.2) is 29.7 Å². The van der Waals surface area contributed by atoms with Gasteiger partial charge in [-0.05, 0) is 25.7 Å². The minimum atomic E-state index is -0.456. The predicted octanol–water partition coefficient (Wildman–Crippen LogP) is 0.637. The van der Waals surface area contributed by atoms with Gasteiger partial charge in [0, 0.05) is 6.04 Å². The van der Waals surface area contributed by atoms with Crippen LogP contribution in [0.4, 0.5) is 0 Å². The minimum absolute atomic E-state index is 0.00903. The van der Waals surface area contributed by atoms with Crippen LogP contribution in [0, 0.1) is 11.3 Å². The van der Waals surface area contributed by atoms with Crippen LogP contribution < -0.4 is 11.1 Å². The standard InChI is InChI=1S/C12H24N2O2/c1-8(2)9(7-15)14-11(16)12(3)6-4-5-10(12)13/h8-10,15H,4-7,13H2,1-3H3,(H,14,16). The molecule has 0 radical (unpaired) electrons. The molecule has 1 aliphatic rings. The van der Waals surface area contributed by atoms with Crippen LogP contribution in [-0.2, 0) is 4.79 Å². The first-order chi connectivity index (χ1) is 7.41. The second-order valence-electron chi connectivity index (χ2n) is 5.42. The van der Waals surface area contributed by atoms with Gasteiger partial charge in [-0.3, -0.25) is 4.79 Å². The van der Waals surface area contributed by atoms with Gasteiger partial charge in [0.25, 0.3) is 0 Å². The Labute approximate surface area is 97.6 Å². The predicted molar refractivity (Wildman–Crippen MR) is 63.8 cm³/mol. The van der Waals surface area contributed by atoms with E-state index in [9.17, 15) is 9.90 Å². The molecule has 1 fully saturated rings. The first-order valence-corrected chi connectivity index (χ1v) is 6.09. The molecule has 0 aromatic carbocycles. The van der Waals surface area contributed by atoms with Crippen molar-refractivity contribution in [2.45, 2.75) is 52.1 Å². The van der Waals surface area contributed by atoms with E-state index in [1.54, 1.807) is 0 Å². The Balaban J connectivity index is 2.64. The molecule has 1 amide bonds. The molecule has 0 spiro atoms. The largest absolute Gasteiger partial charge is 0.394 e. The summed E-state index contributed by atoms with van der Waals surface area (Å²) in [6.45, 7) is 5.87. The molecule has 1 rings (SSSR count). The quantitative estimate of drug-likeness (QED) is 0.661. The number of aliphatic hydroxyl groups excluding tert-OH is 1. The number of hydrogen-bond donors (Lipinski definition) is 3. The van der Waals surface area contributed by atoms with E-state index in [2.05, 4.69) is 5.32 Å². The number of rotatable bonds is 4. The van der Waals surface area contributed by atoms with Gasteiger partial charge in [-0.2, -0.15) is 0 Å². The lowest BCUT2D eigenvalue weighted by molar-refractivity contribution is -0.132. The van der Waals surface area contributed by atoms with E-state index in [1.807, 2.05) is 20.8 Å². The summed E-state index contributed by atoms with van der Waals surface area (Å²) in [6, 6.07) is -0.226. The Morgan fingerprint density at radius 1 is 1.62 bits per heavy atom. The van der Waals surface area contributed by atoms with Gasteiger partial charge in [-0.15, -0.1) is 0 Å². The van der Waals surface area contributed by atoms with Crippen molar-refractivity contribution in [2.24, 2.45) is 17.1 Å². The van der Waals surface area contributed by atoms with Crippen LogP contribution in [0.2, 0.25) is 0 Å². The van der Waals surface area contributed by atoms with Crippen LogP contribution in [0.5, 0.6) is 0 Å². The fourth-order valence-corrected chi connectivity index (χ4v) is 2.23. The Kier molecular flexibility index (Phi) is 4.33. The summed E-state index contributed by atoms with van der Waals surface area (Å²) in [5.74, 6) is 0.223. The molecule has 0 heterocycles. The average Bonchev–Trinajstić information content (AvgIpc) is 2.56. The molecule has 94 valence electrons. The second-order valence-corrected chi connectivity index (χ2v) is 5.42. The van der Waals surface area contributed by atoms with E-state index >= 15 is 0 Å². The first kappa shape index (κ1) is 13.5. The van der Waals surface area contributed by atoms with Gasteiger partial charge in [0.1, 0.15) is 0 Å². The summed E-state index contributed by atoms with van der Waals surface area (Å²) in [4.78, 5) is 12.1. The fourth-order valence-electron chi connectivity index (χ4n) is 2.23. The molecule has 3 atom stereocenters. The highest BCUT2D eigenvalue weighted by Gasteiger charge is 2.43. The Morgan fingerprint density at radius 3 is 2.62 bits per heavy atom. The van der Waals surface area contributed by atoms with E-state index in [4.69, 9.17) is 5.73 Å². The normalized spacial score (nSPS) is 31.8. The van der Waals surface area contributed by atoms with Gasteiger partial charge in [-0.25, -0.2) is 0 Å². The SMILES string of the molecule is CC(C)C(CO)NC(=O)C1(C)CCCC1N. The number of nitrogens with two attached hydrogens (primary N) is 1. The van der Waals surface area contributed by atoms with Crippen LogP contribution >= 0.6 is 0 Å². The highest BCUT2D eigenvalue weighted by Crippen LogP contribution is 2.36. The van der Waals surface area contributed by atoms with Crippen LogP contribution in [0.15, 0.2) is 0 Å². The summed E-state index contributed by atoms with van der Waals surface area (Å²) in [5, 5.41) is 12.1. The van der Waals surface area contributed by atoms with Crippen molar-refractivity contribution < 1.29 is 9.90 Å². The third-order valence-electron chi connectivity index (χ3n) is 3.87. The molecule has 4 nitrogen and oxygen atoms in total. The van der Waals surface area contributed by atoms with Crippen molar-refractivity contribution in [1.29, 1.82) is 0 Å². The highest BCUT2D eigenvalue weighted by atomic mass is 16.3. The van der Waals surface area contributed by atoms with Gasteiger partial charge in [0.05, 0.1) is 18.1 Å². The van der Waals surface area contributed by atoms with Gasteiger partial charge in [0.15, 0.2) is 0 Å². The smallest absolute Gasteiger partial charge is 0.227 e. The third-order valence-corrected chi connectivity index (χ3v) is 3.87. The van der Waals surface area contributed by atoms with E-state index in [0.717, 1.165) is 19.3 Å². The molecule has 0 aliphatic heterocycles. The van der Waals surface area contributed by atoms with Crippen LogP contribution in [0.3, 0.4) is 0 Å². The molecule has 1 aliphatic carbocycles. The van der Waals surface area contributed by atoms with Crippen molar-refractivity contribution in [2.75, 3.05) is 6.61 Å². The van der Waals surface area contributed by atoms with Gasteiger partial charge in [0.2, 0.25) is 5.91 Å². The summed E-state index contributed by atoms with van der Waals surface area (Å²) in [5.41, 5.74) is 5.53. The zero-order valence-electron chi connectivity index (χ0n) is 10.5. The van der Waals surface area contributed by atoms with E-state index in [0.29, 0.717) is 0 Å². The number of carbonyl (C=O) groups is 1. The highest BCUT2D eigenvalue weighted by molar-refractivity contribution is 5.83. The van der Waals surface area contributed by atoms with Crippen molar-refractivity contribution in [1.82, 2.24) is 5.32 Å². The average molecular weight is 228 g/mol. The lowest BCUT2D eigenvalue weighted by Crippen LogP contribution is -2.52. The van der Waals surface area contributed by atoms with Crippen molar-refractivity contribution in [3.63, 3.8) is 0 Å². The zero-order chi connectivity index (χ0) is 12.3. The number of carbonyl (C=O) groups excluding carboxylic acids is 1. The molecular formula is C12H24N2O2. The zero-order valence-corrected chi connectivity index (χ0v) is 10.5. The molecule has 1 saturated carbocycles. The number of aliphatic hydroxyl groups is 1. The van der Waals surface area contributed by atoms with Crippen molar-refractivity contribution in [3.8, 4) is 0 Å². The molecule has 0 bridgehead atoms. The van der Waals surface area contributed by atoms with Crippen LogP contribution in [0.25, 0.3) is 0 Å². The van der Waals surface area contributed by atoms with Crippen LogP contribution in [0.1, 0.15) is 40.0 Å². The molecule has 0 aromatic rings. The first-order valence-electron chi connectivity index (χ1n) is 6.09. The Bertz CT molecular complexity index is 255. The van der Waals surface area contributed by atoms with Gasteiger partial charge >= 0.3 is 0 Å². The Hall–Kier alpha value is -0.610. The molecule has 16 heavy (non-hydrogen) atoms. The minimum Gasteiger partial charge on any atom is -0.394 e. The molecule has 0 saturated heterocycles. The van der Waals surface area contributed by atoms with E-state index in [-0.39, 0.29) is 30.5 Å². The lowest BCUT2D eigenvalue weighted by Gasteiger charge is -2.31. The summed E-state index contributed by atoms with van der Waals surface area (Å²) in [6.07, 6.45) is 2.77. The fraction of sp³-hybridized carbons (Fsp3) is 0.917. The number of nitrogens with one attached hydrogen (secondary N) is 1. The molecular weight excluding hydrogens is 204 g/mol. The third kappa shape index (κ3) is 2.55. The van der Waals surface area contributed by atoms with E-state index in [1.165, 1.54) is 0 Å². The monoisotopic (exact) mass is 228 g/mol. The lowest BCUT2D eigenvalue weighted by atomic mass is 9.83. The number of hydrogen-bond acceptors (Lipinski definition) is 3. The summed E-state index contributed by atoms with van der Waals surface area (Å²) in [7, 11) is 0. The van der Waals surface area contributed by atoms with Gasteiger partial charge in [-0.1, -0.05) is 20.3 Å². The van der Waals surface area contributed by atoms with Gasteiger partial charge < -0.3 is 16.2 Å². The maximum Gasteiger partial charge on any atom is 0.227 e. The molecule has 4 heteroatoms.